The number of nitrogens with zero attached hydrogens (tertiary/aromatic N) is 2. The van der Waals surface area contributed by atoms with E-state index < -0.39 is 5.56 Å². The van der Waals surface area contributed by atoms with Crippen molar-refractivity contribution in [2.45, 2.75) is 57.7 Å². The molecule has 28 heavy (non-hydrogen) atoms. The van der Waals surface area contributed by atoms with Gasteiger partial charge in [0.05, 0.1) is 11.7 Å². The quantitative estimate of drug-likeness (QED) is 0.801. The second-order valence-electron chi connectivity index (χ2n) is 7.21. The molecule has 2 N–H and O–H groups in total. The van der Waals surface area contributed by atoms with Crippen molar-refractivity contribution in [1.82, 2.24) is 20.2 Å². The van der Waals surface area contributed by atoms with Crippen LogP contribution < -0.4 is 16.2 Å². The summed E-state index contributed by atoms with van der Waals surface area (Å²) in [6.45, 7) is 1.68. The van der Waals surface area contributed by atoms with E-state index in [1.165, 1.54) is 23.3 Å². The molecular weight excluding hydrogens is 356 g/mol. The summed E-state index contributed by atoms with van der Waals surface area (Å²) < 4.78 is 1.26. The number of hydrogen-bond donors (Lipinski definition) is 2. The molecule has 7 heteroatoms. The number of aromatic nitrogens is 2. The fourth-order valence-electron chi connectivity index (χ4n) is 3.49. The normalized spacial score (nSPS) is 15.6. The molecule has 3 rings (SSSR count). The highest BCUT2D eigenvalue weighted by Gasteiger charge is 2.19. The first-order valence-electron chi connectivity index (χ1n) is 9.75. The Labute approximate surface area is 164 Å². The van der Waals surface area contributed by atoms with Gasteiger partial charge in [-0.15, -0.1) is 0 Å². The van der Waals surface area contributed by atoms with Gasteiger partial charge in [0, 0.05) is 18.4 Å². The highest BCUT2D eigenvalue weighted by atomic mass is 16.2. The molecule has 7 nitrogen and oxygen atoms in total. The minimum Gasteiger partial charge on any atom is -0.349 e. The van der Waals surface area contributed by atoms with Crippen LogP contribution in [0.4, 0.5) is 0 Å². The van der Waals surface area contributed by atoms with Crippen molar-refractivity contribution in [3.05, 3.63) is 64.3 Å². The molecule has 2 heterocycles. The second-order valence-corrected chi connectivity index (χ2v) is 7.21. The molecule has 1 atom stereocenters. The van der Waals surface area contributed by atoms with E-state index >= 15 is 0 Å². The lowest BCUT2D eigenvalue weighted by atomic mass is 9.95. The lowest BCUT2D eigenvalue weighted by Gasteiger charge is -2.22. The van der Waals surface area contributed by atoms with Crippen molar-refractivity contribution < 1.29 is 9.59 Å². The first-order chi connectivity index (χ1) is 13.5. The number of carbonyl (C=O) groups is 2. The number of amides is 2. The van der Waals surface area contributed by atoms with Crippen molar-refractivity contribution in [3.63, 3.8) is 0 Å². The molecule has 2 aromatic rings. The Bertz CT molecular complexity index is 873. The van der Waals surface area contributed by atoms with Crippen molar-refractivity contribution >= 4 is 11.8 Å². The van der Waals surface area contributed by atoms with Gasteiger partial charge in [-0.1, -0.05) is 25.3 Å². The Kier molecular flexibility index (Phi) is 6.57. The summed E-state index contributed by atoms with van der Waals surface area (Å²) in [5.74, 6) is -0.682. The van der Waals surface area contributed by atoms with Crippen LogP contribution in [0.25, 0.3) is 0 Å². The smallest absolute Gasteiger partial charge is 0.263 e. The van der Waals surface area contributed by atoms with Gasteiger partial charge < -0.3 is 15.2 Å². The number of carbonyl (C=O) groups excluding carboxylic acids is 2. The molecule has 1 aliphatic carbocycles. The van der Waals surface area contributed by atoms with Crippen LogP contribution in [-0.4, -0.2) is 27.4 Å². The molecule has 0 spiro atoms. The number of pyridine rings is 2. The number of nitrogens with one attached hydrogen (secondary N) is 2. The topological polar surface area (TPSA) is 93.1 Å². The summed E-state index contributed by atoms with van der Waals surface area (Å²) in [6.07, 6.45) is 8.45. The van der Waals surface area contributed by atoms with Gasteiger partial charge in [-0.2, -0.15) is 0 Å². The third-order valence-corrected chi connectivity index (χ3v) is 5.03. The lowest BCUT2D eigenvalue weighted by molar-refractivity contribution is -0.122. The largest absolute Gasteiger partial charge is 0.349 e. The summed E-state index contributed by atoms with van der Waals surface area (Å²) >= 11 is 0. The van der Waals surface area contributed by atoms with E-state index in [1.54, 1.807) is 12.3 Å². The summed E-state index contributed by atoms with van der Waals surface area (Å²) in [6, 6.07) is 8.45. The SMILES string of the molecule is C[C@H](NC(=O)Cn1cccc(C(=O)NC2CCCCC2)c1=O)c1ccccn1. The van der Waals surface area contributed by atoms with Gasteiger partial charge in [0.2, 0.25) is 5.91 Å². The third kappa shape index (κ3) is 5.06. The third-order valence-electron chi connectivity index (χ3n) is 5.03. The van der Waals surface area contributed by atoms with Gasteiger partial charge in [0.1, 0.15) is 12.1 Å². The zero-order valence-electron chi connectivity index (χ0n) is 16.1. The molecule has 0 radical (unpaired) electrons. The Morgan fingerprint density at radius 2 is 1.96 bits per heavy atom. The van der Waals surface area contributed by atoms with Crippen LogP contribution in [0.2, 0.25) is 0 Å². The number of hydrogen-bond acceptors (Lipinski definition) is 4. The van der Waals surface area contributed by atoms with E-state index in [4.69, 9.17) is 0 Å². The van der Waals surface area contributed by atoms with Gasteiger partial charge in [-0.05, 0) is 44.0 Å². The summed E-state index contributed by atoms with van der Waals surface area (Å²) in [4.78, 5) is 41.7. The Balaban J connectivity index is 1.64. The summed E-state index contributed by atoms with van der Waals surface area (Å²) in [5, 5.41) is 5.77. The molecule has 0 aromatic carbocycles. The average molecular weight is 382 g/mol. The highest BCUT2D eigenvalue weighted by Crippen LogP contribution is 2.17. The second kappa shape index (κ2) is 9.30. The van der Waals surface area contributed by atoms with E-state index in [2.05, 4.69) is 15.6 Å². The molecule has 0 aliphatic heterocycles. The van der Waals surface area contributed by atoms with Crippen molar-refractivity contribution in [2.24, 2.45) is 0 Å². The molecule has 2 amide bonds. The maximum absolute atomic E-state index is 12.7. The number of rotatable bonds is 6. The molecule has 1 saturated carbocycles. The molecular formula is C21H26N4O3. The minimum absolute atomic E-state index is 0.0682. The van der Waals surface area contributed by atoms with Crippen LogP contribution in [0.5, 0.6) is 0 Å². The van der Waals surface area contributed by atoms with Crippen molar-refractivity contribution in [1.29, 1.82) is 0 Å². The van der Waals surface area contributed by atoms with E-state index in [9.17, 15) is 14.4 Å². The molecule has 0 saturated heterocycles. The molecule has 1 aliphatic rings. The van der Waals surface area contributed by atoms with E-state index in [0.29, 0.717) is 0 Å². The Morgan fingerprint density at radius 3 is 2.68 bits per heavy atom. The van der Waals surface area contributed by atoms with Crippen LogP contribution in [0.1, 0.15) is 61.1 Å². The predicted octanol–water partition coefficient (Wildman–Crippen LogP) is 2.18. The lowest BCUT2D eigenvalue weighted by Crippen LogP contribution is -2.41. The van der Waals surface area contributed by atoms with Gasteiger partial charge in [0.15, 0.2) is 0 Å². The molecule has 2 aromatic heterocycles. The first kappa shape index (κ1) is 19.8. The predicted molar refractivity (Wildman–Crippen MR) is 106 cm³/mol. The summed E-state index contributed by atoms with van der Waals surface area (Å²) in [5.41, 5.74) is 0.346. The van der Waals surface area contributed by atoms with Crippen molar-refractivity contribution in [3.8, 4) is 0 Å². The van der Waals surface area contributed by atoms with E-state index in [1.807, 2.05) is 25.1 Å². The Morgan fingerprint density at radius 1 is 1.18 bits per heavy atom. The maximum atomic E-state index is 12.7. The standard InChI is InChI=1S/C21H26N4O3/c1-15(18-11-5-6-12-22-18)23-19(26)14-25-13-7-10-17(21(25)28)20(27)24-16-8-3-2-4-9-16/h5-7,10-13,15-16H,2-4,8-9,14H2,1H3,(H,23,26)(H,24,27)/t15-/m0/s1. The van der Waals surface area contributed by atoms with Crippen LogP contribution in [-0.2, 0) is 11.3 Å². The zero-order valence-corrected chi connectivity index (χ0v) is 16.1. The monoisotopic (exact) mass is 382 g/mol. The zero-order chi connectivity index (χ0) is 19.9. The molecule has 148 valence electrons. The first-order valence-corrected chi connectivity index (χ1v) is 9.75. The minimum atomic E-state index is -0.462. The highest BCUT2D eigenvalue weighted by molar-refractivity contribution is 5.94. The fourth-order valence-corrected chi connectivity index (χ4v) is 3.49. The van der Waals surface area contributed by atoms with Crippen molar-refractivity contribution in [2.75, 3.05) is 0 Å². The van der Waals surface area contributed by atoms with E-state index in [0.717, 1.165) is 31.4 Å². The van der Waals surface area contributed by atoms with Crippen LogP contribution >= 0.6 is 0 Å². The van der Waals surface area contributed by atoms with Crippen LogP contribution in [0.15, 0.2) is 47.5 Å². The van der Waals surface area contributed by atoms with Crippen LogP contribution in [0, 0.1) is 0 Å². The van der Waals surface area contributed by atoms with Gasteiger partial charge in [-0.3, -0.25) is 19.4 Å². The van der Waals surface area contributed by atoms with E-state index in [-0.39, 0.29) is 36.0 Å². The fraction of sp³-hybridized carbons (Fsp3) is 0.429. The van der Waals surface area contributed by atoms with Crippen LogP contribution in [0.3, 0.4) is 0 Å². The molecule has 0 unspecified atom stereocenters. The maximum Gasteiger partial charge on any atom is 0.263 e. The van der Waals surface area contributed by atoms with Gasteiger partial charge in [0.25, 0.3) is 11.5 Å². The molecule has 0 bridgehead atoms. The van der Waals surface area contributed by atoms with Gasteiger partial charge in [-0.25, -0.2) is 0 Å². The Hall–Kier alpha value is -2.96. The van der Waals surface area contributed by atoms with Gasteiger partial charge >= 0.3 is 0 Å². The average Bonchev–Trinajstić information content (AvgIpc) is 2.71. The summed E-state index contributed by atoms with van der Waals surface area (Å²) in [7, 11) is 0. The molecule has 1 fully saturated rings.